The Hall–Kier alpha value is -4.95. The zero-order valence-electron chi connectivity index (χ0n) is 26.8. The van der Waals surface area contributed by atoms with Gasteiger partial charge in [0.2, 0.25) is 0 Å². The third-order valence-corrected chi connectivity index (χ3v) is 9.65. The topological polar surface area (TPSA) is 111 Å². The average molecular weight is 633 g/mol. The Morgan fingerprint density at radius 1 is 1.00 bits per heavy atom. The monoisotopic (exact) mass is 632 g/mol. The molecule has 242 valence electrons. The van der Waals surface area contributed by atoms with E-state index in [-0.39, 0.29) is 19.1 Å². The molecule has 2 fully saturated rings. The van der Waals surface area contributed by atoms with Gasteiger partial charge < -0.3 is 29.1 Å². The predicted molar refractivity (Wildman–Crippen MR) is 179 cm³/mol. The summed E-state index contributed by atoms with van der Waals surface area (Å²) in [6.45, 7) is 4.68. The van der Waals surface area contributed by atoms with Gasteiger partial charge in [-0.3, -0.25) is 4.98 Å². The van der Waals surface area contributed by atoms with E-state index < -0.39 is 6.09 Å². The minimum Gasteiger partial charge on any atom is -0.462 e. The van der Waals surface area contributed by atoms with Crippen molar-refractivity contribution < 1.29 is 14.3 Å². The molecule has 3 aliphatic heterocycles. The van der Waals surface area contributed by atoms with Gasteiger partial charge in [-0.15, -0.1) is 0 Å². The van der Waals surface area contributed by atoms with Crippen LogP contribution in [0.15, 0.2) is 67.0 Å². The highest BCUT2D eigenvalue weighted by atomic mass is 16.6. The normalized spacial score (nSPS) is 19.8. The lowest BCUT2D eigenvalue weighted by Gasteiger charge is -2.42. The fourth-order valence-electron chi connectivity index (χ4n) is 7.02. The quantitative estimate of drug-likeness (QED) is 0.269. The molecule has 2 aromatic carbocycles. The maximum atomic E-state index is 13.2. The predicted octanol–water partition coefficient (Wildman–Crippen LogP) is 4.80. The Morgan fingerprint density at radius 3 is 2.72 bits per heavy atom. The van der Waals surface area contributed by atoms with Gasteiger partial charge in [-0.2, -0.15) is 15.2 Å². The Morgan fingerprint density at radius 2 is 1.89 bits per heavy atom. The minimum absolute atomic E-state index is 0.193. The second-order valence-corrected chi connectivity index (χ2v) is 12.6. The number of likely N-dealkylation sites (N-methyl/N-ethyl adjacent to an activating group) is 1. The van der Waals surface area contributed by atoms with Crippen LogP contribution in [-0.4, -0.2) is 89.3 Å². The number of fused-ring (bicyclic) bond motifs is 2. The Kier molecular flexibility index (Phi) is 9.02. The molecule has 2 atom stereocenters. The average Bonchev–Trinajstić information content (AvgIpc) is 3.53. The second kappa shape index (κ2) is 13.8. The van der Waals surface area contributed by atoms with E-state index in [0.717, 1.165) is 71.5 Å². The van der Waals surface area contributed by atoms with Crippen molar-refractivity contribution in [2.24, 2.45) is 0 Å². The van der Waals surface area contributed by atoms with Gasteiger partial charge in [0.05, 0.1) is 30.8 Å². The highest BCUT2D eigenvalue weighted by molar-refractivity contribution is 5.93. The number of amides is 1. The molecule has 47 heavy (non-hydrogen) atoms. The Balaban J connectivity index is 1.15. The number of hydrogen-bond acceptors (Lipinski definition) is 10. The molecule has 0 unspecified atom stereocenters. The number of ether oxygens (including phenoxy) is 2. The standard InChI is InChI=1S/C36H40N8O3/c1-41-17-6-10-29(41)25-46-35-39-32-23-42(33-11-5-9-27-13-16-38-21-31(27)33)18-14-30(32)34(40-35)43-19-20-44(28(22-43)12-15-37)36(45)47-24-26-7-3-2-4-8-26/h2-5,7-9,11,13,16,21,28-29H,6,10,12,14,17-20,22-25H2,1H3/t28-,29-/m0/s1. The third kappa shape index (κ3) is 6.65. The van der Waals surface area contributed by atoms with E-state index in [4.69, 9.17) is 19.4 Å². The van der Waals surface area contributed by atoms with Crippen LogP contribution in [0.25, 0.3) is 10.8 Å². The number of anilines is 2. The van der Waals surface area contributed by atoms with Gasteiger partial charge in [0.15, 0.2) is 0 Å². The van der Waals surface area contributed by atoms with Crippen molar-refractivity contribution in [1.82, 2.24) is 24.8 Å². The van der Waals surface area contributed by atoms with Gasteiger partial charge in [0.25, 0.3) is 0 Å². The van der Waals surface area contributed by atoms with Crippen molar-refractivity contribution >= 4 is 28.4 Å². The first-order chi connectivity index (χ1) is 23.1. The van der Waals surface area contributed by atoms with E-state index in [1.165, 1.54) is 0 Å². The van der Waals surface area contributed by atoms with E-state index in [1.807, 2.05) is 48.8 Å². The second-order valence-electron chi connectivity index (χ2n) is 12.6. The van der Waals surface area contributed by atoms with E-state index in [0.29, 0.717) is 44.8 Å². The van der Waals surface area contributed by atoms with E-state index in [1.54, 1.807) is 4.90 Å². The summed E-state index contributed by atoms with van der Waals surface area (Å²) in [5, 5.41) is 12.0. The number of nitriles is 1. The minimum atomic E-state index is -0.400. The molecule has 0 saturated carbocycles. The van der Waals surface area contributed by atoms with Crippen molar-refractivity contribution in [2.45, 2.75) is 50.9 Å². The number of nitrogens with zero attached hydrogens (tertiary/aromatic N) is 8. The molecule has 11 heteroatoms. The molecular weight excluding hydrogens is 592 g/mol. The van der Waals surface area contributed by atoms with Crippen LogP contribution in [0.5, 0.6) is 6.01 Å². The maximum absolute atomic E-state index is 13.2. The van der Waals surface area contributed by atoms with Crippen LogP contribution >= 0.6 is 0 Å². The summed E-state index contributed by atoms with van der Waals surface area (Å²) in [7, 11) is 2.14. The molecule has 2 saturated heterocycles. The van der Waals surface area contributed by atoms with E-state index in [2.05, 4.69) is 51.0 Å². The first kappa shape index (κ1) is 30.7. The number of piperazine rings is 1. The summed E-state index contributed by atoms with van der Waals surface area (Å²) in [5.41, 5.74) is 4.10. The van der Waals surface area contributed by atoms with Crippen LogP contribution < -0.4 is 14.5 Å². The summed E-state index contributed by atoms with van der Waals surface area (Å²) in [6, 6.07) is 20.7. The first-order valence-electron chi connectivity index (χ1n) is 16.5. The fraction of sp³-hybridized carbons (Fsp3) is 0.417. The van der Waals surface area contributed by atoms with Crippen LogP contribution in [0.1, 0.15) is 36.1 Å². The van der Waals surface area contributed by atoms with Gasteiger partial charge in [-0.1, -0.05) is 42.5 Å². The SMILES string of the molecule is CN1CCC[C@H]1COc1nc2c(c(N3CCN(C(=O)OCc4ccccc4)[C@@H](CC#N)C3)n1)CCN(c1cccc3ccncc13)C2. The van der Waals surface area contributed by atoms with Crippen LogP contribution in [0.3, 0.4) is 0 Å². The van der Waals surface area contributed by atoms with Crippen molar-refractivity contribution in [1.29, 1.82) is 5.26 Å². The molecule has 7 rings (SSSR count). The summed E-state index contributed by atoms with van der Waals surface area (Å²) >= 11 is 0. The van der Waals surface area contributed by atoms with Crippen LogP contribution in [-0.2, 0) is 24.3 Å². The molecule has 11 nitrogen and oxygen atoms in total. The van der Waals surface area contributed by atoms with E-state index >= 15 is 0 Å². The third-order valence-electron chi connectivity index (χ3n) is 9.65. The number of hydrogen-bond donors (Lipinski definition) is 0. The van der Waals surface area contributed by atoms with Crippen molar-refractivity contribution in [3.05, 3.63) is 83.8 Å². The zero-order valence-corrected chi connectivity index (χ0v) is 26.8. The van der Waals surface area contributed by atoms with Gasteiger partial charge in [-0.25, -0.2) is 4.79 Å². The lowest BCUT2D eigenvalue weighted by molar-refractivity contribution is 0.0767. The zero-order chi connectivity index (χ0) is 32.2. The molecular formula is C36H40N8O3. The Bertz CT molecular complexity index is 1760. The first-order valence-corrected chi connectivity index (χ1v) is 16.5. The van der Waals surface area contributed by atoms with Gasteiger partial charge >= 0.3 is 12.1 Å². The molecule has 2 aromatic heterocycles. The lowest BCUT2D eigenvalue weighted by Crippen LogP contribution is -2.55. The number of likely N-dealkylation sites (tertiary alicyclic amines) is 1. The van der Waals surface area contributed by atoms with Gasteiger partial charge in [0.1, 0.15) is 19.0 Å². The number of rotatable bonds is 8. The summed E-state index contributed by atoms with van der Waals surface area (Å²) in [5.74, 6) is 0.837. The van der Waals surface area contributed by atoms with Gasteiger partial charge in [0, 0.05) is 61.3 Å². The molecule has 4 aromatic rings. The molecule has 3 aliphatic rings. The van der Waals surface area contributed by atoms with Gasteiger partial charge in [-0.05, 0) is 55.9 Å². The fourth-order valence-corrected chi connectivity index (χ4v) is 7.02. The van der Waals surface area contributed by atoms with Crippen molar-refractivity contribution in [3.8, 4) is 12.1 Å². The molecule has 0 bridgehead atoms. The van der Waals surface area contributed by atoms with Crippen LogP contribution in [0, 0.1) is 11.3 Å². The highest BCUT2D eigenvalue weighted by Gasteiger charge is 2.35. The summed E-state index contributed by atoms with van der Waals surface area (Å²) in [6.07, 6.45) is 6.56. The molecule has 0 aliphatic carbocycles. The number of carbonyl (C=O) groups excluding carboxylic acids is 1. The van der Waals surface area contributed by atoms with Crippen molar-refractivity contribution in [2.75, 3.05) is 56.2 Å². The van der Waals surface area contributed by atoms with Crippen LogP contribution in [0.2, 0.25) is 0 Å². The smallest absolute Gasteiger partial charge is 0.410 e. The molecule has 0 N–H and O–H groups in total. The van der Waals surface area contributed by atoms with Crippen LogP contribution in [0.4, 0.5) is 16.3 Å². The Labute approximate surface area is 275 Å². The molecule has 0 radical (unpaired) electrons. The van der Waals surface area contributed by atoms with Crippen molar-refractivity contribution in [3.63, 3.8) is 0 Å². The highest BCUT2D eigenvalue weighted by Crippen LogP contribution is 2.35. The number of carbonyl (C=O) groups is 1. The molecule has 0 spiro atoms. The number of pyridine rings is 1. The molecule has 1 amide bonds. The number of aromatic nitrogens is 3. The summed E-state index contributed by atoms with van der Waals surface area (Å²) in [4.78, 5) is 36.2. The summed E-state index contributed by atoms with van der Waals surface area (Å²) < 4.78 is 12.0. The number of benzene rings is 2. The lowest BCUT2D eigenvalue weighted by atomic mass is 10.0. The van der Waals surface area contributed by atoms with E-state index in [9.17, 15) is 10.1 Å². The maximum Gasteiger partial charge on any atom is 0.410 e. The molecule has 5 heterocycles. The largest absolute Gasteiger partial charge is 0.462 e.